The maximum atomic E-state index is 9.24. The number of nitrogens with two attached hydrogens (primary N) is 1. The zero-order valence-electron chi connectivity index (χ0n) is 4.71. The first kappa shape index (κ1) is 11.4. The number of hydrogen-bond acceptors (Lipinski definition) is 3. The Kier molecular flexibility index (Phi) is 13.3. The summed E-state index contributed by atoms with van der Waals surface area (Å²) in [6.07, 6.45) is 0.792. The second-order valence-electron chi connectivity index (χ2n) is 0.919. The monoisotopic (exact) mass is 197 g/mol. The van der Waals surface area contributed by atoms with Crippen LogP contribution in [-0.2, 0) is 9.59 Å². The van der Waals surface area contributed by atoms with Gasteiger partial charge in [0.15, 0.2) is 0 Å². The third kappa shape index (κ3) is 35.5. The molecule has 0 aliphatic rings. The van der Waals surface area contributed by atoms with Crippen molar-refractivity contribution in [1.29, 1.82) is 0 Å². The topological polar surface area (TPSA) is 80.4 Å². The normalized spacial score (nSPS) is 6.89. The molecule has 0 aliphatic carbocycles. The number of aliphatic carboxylic acids is 1. The molecule has 9 heavy (non-hydrogen) atoms. The van der Waals surface area contributed by atoms with Crippen molar-refractivity contribution in [2.24, 2.45) is 5.73 Å². The van der Waals surface area contributed by atoms with Crippen molar-refractivity contribution in [2.75, 3.05) is 11.9 Å². The van der Waals surface area contributed by atoms with E-state index in [2.05, 4.69) is 21.7 Å². The van der Waals surface area contributed by atoms with Crippen LogP contribution in [0.4, 0.5) is 0 Å². The molecule has 0 atom stereocenters. The van der Waals surface area contributed by atoms with Crippen molar-refractivity contribution in [3.8, 4) is 0 Å². The van der Waals surface area contributed by atoms with E-state index in [1.165, 1.54) is 0 Å². The molecule has 3 N–H and O–H groups in total. The molecule has 0 spiro atoms. The fraction of sp³-hybridized carbons (Fsp3) is 0.500. The molecule has 0 aromatic rings. The summed E-state index contributed by atoms with van der Waals surface area (Å²) in [6, 6.07) is 0. The van der Waals surface area contributed by atoms with E-state index in [-0.39, 0.29) is 6.54 Å². The molecule has 5 heteroatoms. The molecule has 0 aromatic carbocycles. The number of alkyl halides is 1. The van der Waals surface area contributed by atoms with E-state index in [1.807, 2.05) is 0 Å². The van der Waals surface area contributed by atoms with Gasteiger partial charge in [0.05, 0.1) is 11.9 Å². The zero-order chi connectivity index (χ0) is 7.70. The minimum Gasteiger partial charge on any atom is -0.480 e. The van der Waals surface area contributed by atoms with Gasteiger partial charge in [-0.05, 0) is 0 Å². The number of carboxylic acid groups (broad SMARTS) is 1. The average Bonchev–Trinajstić information content (AvgIpc) is 1.89. The molecule has 0 saturated carbocycles. The zero-order valence-corrected chi connectivity index (χ0v) is 6.30. The third-order valence-corrected chi connectivity index (χ3v) is 0.502. The van der Waals surface area contributed by atoms with Crippen molar-refractivity contribution >= 4 is 28.2 Å². The Labute approximate surface area is 61.2 Å². The quantitative estimate of drug-likeness (QED) is 0.467. The maximum absolute atomic E-state index is 9.24. The van der Waals surface area contributed by atoms with Gasteiger partial charge in [-0.25, -0.2) is 0 Å². The van der Waals surface area contributed by atoms with Crippen LogP contribution in [0, 0.1) is 0 Å². The molecule has 54 valence electrons. The molecule has 0 heterocycles. The van der Waals surface area contributed by atoms with Crippen LogP contribution in [0.2, 0.25) is 0 Å². The van der Waals surface area contributed by atoms with Crippen molar-refractivity contribution in [3.63, 3.8) is 0 Å². The number of hydrogen-bond donors (Lipinski definition) is 2. The van der Waals surface area contributed by atoms with E-state index in [0.29, 0.717) is 5.33 Å². The standard InChI is InChI=1S/C2H3BrO.C2H5NO2/c3-1-2-4;3-1-2(4)5/h2H,1H2;1,3H2,(H,4,5). The molecular formula is C4H8BrNO3. The highest BCUT2D eigenvalue weighted by Crippen LogP contribution is 1.65. The smallest absolute Gasteiger partial charge is 0.317 e. The van der Waals surface area contributed by atoms with Crippen molar-refractivity contribution in [3.05, 3.63) is 0 Å². The van der Waals surface area contributed by atoms with Crippen LogP contribution in [0.25, 0.3) is 0 Å². The van der Waals surface area contributed by atoms with Gasteiger partial charge < -0.3 is 15.6 Å². The lowest BCUT2D eigenvalue weighted by Crippen LogP contribution is -2.10. The minimum absolute atomic E-state index is 0.278. The second kappa shape index (κ2) is 10.5. The van der Waals surface area contributed by atoms with E-state index in [4.69, 9.17) is 9.90 Å². The molecule has 0 radical (unpaired) electrons. The second-order valence-corrected chi connectivity index (χ2v) is 1.57. The van der Waals surface area contributed by atoms with Crippen LogP contribution in [0.3, 0.4) is 0 Å². The van der Waals surface area contributed by atoms with Crippen LogP contribution in [0.1, 0.15) is 0 Å². The van der Waals surface area contributed by atoms with Crippen LogP contribution >= 0.6 is 15.9 Å². The van der Waals surface area contributed by atoms with Crippen molar-refractivity contribution < 1.29 is 14.7 Å². The minimum atomic E-state index is -0.968. The average molecular weight is 198 g/mol. The van der Waals surface area contributed by atoms with Crippen molar-refractivity contribution in [2.45, 2.75) is 0 Å². The first-order valence-corrected chi connectivity index (χ1v) is 3.22. The van der Waals surface area contributed by atoms with Gasteiger partial charge in [-0.15, -0.1) is 0 Å². The molecule has 0 rings (SSSR count). The SMILES string of the molecule is NCC(=O)O.O=CCBr. The van der Waals surface area contributed by atoms with Crippen LogP contribution < -0.4 is 5.73 Å². The number of aldehydes is 1. The lowest BCUT2D eigenvalue weighted by molar-refractivity contribution is -0.135. The van der Waals surface area contributed by atoms with Gasteiger partial charge in [0.25, 0.3) is 0 Å². The van der Waals surface area contributed by atoms with E-state index in [0.717, 1.165) is 6.29 Å². The Balaban J connectivity index is 0. The Morgan fingerprint density at radius 1 is 1.78 bits per heavy atom. The van der Waals surface area contributed by atoms with Crippen LogP contribution in [0.5, 0.6) is 0 Å². The van der Waals surface area contributed by atoms with Gasteiger partial charge in [0.2, 0.25) is 0 Å². The number of halogens is 1. The summed E-state index contributed by atoms with van der Waals surface area (Å²) in [5, 5.41) is 8.05. The predicted molar refractivity (Wildman–Crippen MR) is 36.5 cm³/mol. The third-order valence-electron chi connectivity index (χ3n) is 0.238. The molecule has 0 saturated heterocycles. The van der Waals surface area contributed by atoms with Gasteiger partial charge in [0.1, 0.15) is 6.29 Å². The fourth-order valence-electron chi connectivity index (χ4n) is 0. The summed E-state index contributed by atoms with van der Waals surface area (Å²) < 4.78 is 0. The maximum Gasteiger partial charge on any atom is 0.317 e. The summed E-state index contributed by atoms with van der Waals surface area (Å²) >= 11 is 2.88. The molecule has 0 unspecified atom stereocenters. The first-order valence-electron chi connectivity index (χ1n) is 2.10. The molecule has 0 fully saturated rings. The number of carboxylic acids is 1. The summed E-state index contributed by atoms with van der Waals surface area (Å²) in [4.78, 5) is 18.4. The molecule has 0 aliphatic heterocycles. The van der Waals surface area contributed by atoms with E-state index < -0.39 is 5.97 Å². The van der Waals surface area contributed by atoms with Gasteiger partial charge in [-0.3, -0.25) is 4.79 Å². The fourth-order valence-corrected chi connectivity index (χ4v) is 0. The van der Waals surface area contributed by atoms with E-state index >= 15 is 0 Å². The summed E-state index contributed by atoms with van der Waals surface area (Å²) in [5.74, 6) is -0.968. The van der Waals surface area contributed by atoms with Gasteiger partial charge >= 0.3 is 5.97 Å². The highest BCUT2D eigenvalue weighted by Gasteiger charge is 1.81. The van der Waals surface area contributed by atoms with E-state index in [1.54, 1.807) is 0 Å². The molecule has 4 nitrogen and oxygen atoms in total. The summed E-state index contributed by atoms with van der Waals surface area (Å²) in [7, 11) is 0. The Morgan fingerprint density at radius 3 is 2.00 bits per heavy atom. The summed E-state index contributed by atoms with van der Waals surface area (Å²) in [6.45, 7) is -0.278. The van der Waals surface area contributed by atoms with E-state index in [9.17, 15) is 4.79 Å². The first-order chi connectivity index (χ1) is 4.18. The molecule has 0 amide bonds. The lowest BCUT2D eigenvalue weighted by atomic mass is 10.7. The summed E-state index contributed by atoms with van der Waals surface area (Å²) in [5.41, 5.74) is 4.57. The van der Waals surface area contributed by atoms with Gasteiger partial charge in [-0.2, -0.15) is 0 Å². The molecular weight excluding hydrogens is 190 g/mol. The van der Waals surface area contributed by atoms with Gasteiger partial charge in [-0.1, -0.05) is 15.9 Å². The predicted octanol–water partition coefficient (Wildman–Crippen LogP) is -0.390. The number of carbonyl (C=O) groups excluding carboxylic acids is 1. The Bertz CT molecular complexity index is 85.9. The van der Waals surface area contributed by atoms with Crippen molar-refractivity contribution in [1.82, 2.24) is 0 Å². The lowest BCUT2D eigenvalue weighted by Gasteiger charge is -1.73. The van der Waals surface area contributed by atoms with Crippen LogP contribution in [0.15, 0.2) is 0 Å². The van der Waals surface area contributed by atoms with Crippen LogP contribution in [-0.4, -0.2) is 29.2 Å². The number of rotatable bonds is 2. The Hall–Kier alpha value is -0.420. The number of carbonyl (C=O) groups is 2. The molecule has 0 aromatic heterocycles. The largest absolute Gasteiger partial charge is 0.480 e. The highest BCUT2D eigenvalue weighted by molar-refractivity contribution is 9.09. The highest BCUT2D eigenvalue weighted by atomic mass is 79.9. The Morgan fingerprint density at radius 2 is 2.00 bits per heavy atom. The van der Waals surface area contributed by atoms with Gasteiger partial charge in [0, 0.05) is 0 Å². The molecule has 0 bridgehead atoms.